The van der Waals surface area contributed by atoms with Crippen LogP contribution < -0.4 is 5.32 Å². The van der Waals surface area contributed by atoms with Crippen LogP contribution >= 0.6 is 27.5 Å². The third-order valence-corrected chi connectivity index (χ3v) is 3.34. The lowest BCUT2D eigenvalue weighted by atomic mass is 10.3. The van der Waals surface area contributed by atoms with Crippen LogP contribution in [0.4, 0.5) is 5.82 Å². The molecule has 90 valence electrons. The summed E-state index contributed by atoms with van der Waals surface area (Å²) < 4.78 is 0.726. The lowest BCUT2D eigenvalue weighted by Crippen LogP contribution is -2.14. The molecule has 0 amide bonds. The molecule has 0 radical (unpaired) electrons. The van der Waals surface area contributed by atoms with Gasteiger partial charge in [-0.2, -0.15) is 0 Å². The smallest absolute Gasteiger partial charge is 0.148 e. The number of hydrogen-bond donors (Lipinski definition) is 1. The number of nitrogens with zero attached hydrogens (tertiary/aromatic N) is 3. The molecule has 0 aliphatic heterocycles. The monoisotopic (exact) mass is 306 g/mol. The van der Waals surface area contributed by atoms with E-state index in [-0.39, 0.29) is 0 Å². The van der Waals surface area contributed by atoms with E-state index in [1.165, 1.54) is 6.33 Å². The SMILES string of the molecule is CN(C)CCCCNc1ncnc(Cl)c1Br. The normalized spacial score (nSPS) is 10.8. The molecule has 0 aliphatic rings. The molecule has 0 spiro atoms. The first kappa shape index (κ1) is 13.7. The maximum Gasteiger partial charge on any atom is 0.148 e. The highest BCUT2D eigenvalue weighted by Crippen LogP contribution is 2.25. The molecule has 4 nitrogen and oxygen atoms in total. The molecule has 0 fully saturated rings. The van der Waals surface area contributed by atoms with E-state index in [1.54, 1.807) is 0 Å². The third-order valence-electron chi connectivity index (χ3n) is 2.07. The molecule has 1 aromatic rings. The summed E-state index contributed by atoms with van der Waals surface area (Å²) in [5.74, 6) is 0.754. The molecule has 0 atom stereocenters. The Labute approximate surface area is 110 Å². The second-order valence-electron chi connectivity index (χ2n) is 3.76. The van der Waals surface area contributed by atoms with Crippen molar-refractivity contribution < 1.29 is 0 Å². The molecule has 0 saturated carbocycles. The fraction of sp³-hybridized carbons (Fsp3) is 0.600. The summed E-state index contributed by atoms with van der Waals surface area (Å²) in [6.45, 7) is 1.99. The highest BCUT2D eigenvalue weighted by atomic mass is 79.9. The molecular formula is C10H16BrClN4. The van der Waals surface area contributed by atoms with Gasteiger partial charge in [-0.15, -0.1) is 0 Å². The van der Waals surface area contributed by atoms with E-state index in [9.17, 15) is 0 Å². The first-order valence-electron chi connectivity index (χ1n) is 5.16. The number of halogens is 2. The summed E-state index contributed by atoms with van der Waals surface area (Å²) >= 11 is 9.20. The largest absolute Gasteiger partial charge is 0.369 e. The van der Waals surface area contributed by atoms with Gasteiger partial charge in [-0.3, -0.25) is 0 Å². The fourth-order valence-corrected chi connectivity index (χ4v) is 1.71. The van der Waals surface area contributed by atoms with Crippen molar-refractivity contribution in [2.24, 2.45) is 0 Å². The van der Waals surface area contributed by atoms with Crippen LogP contribution in [-0.4, -0.2) is 42.1 Å². The number of nitrogens with one attached hydrogen (secondary N) is 1. The van der Waals surface area contributed by atoms with Crippen molar-refractivity contribution in [1.29, 1.82) is 0 Å². The van der Waals surface area contributed by atoms with Gasteiger partial charge in [0.1, 0.15) is 17.3 Å². The standard InChI is InChI=1S/C10H16BrClN4/c1-16(2)6-4-3-5-13-10-8(11)9(12)14-7-15-10/h7H,3-6H2,1-2H3,(H,13,14,15). The topological polar surface area (TPSA) is 41.0 Å². The molecule has 6 heteroatoms. The van der Waals surface area contributed by atoms with Crippen LogP contribution in [0, 0.1) is 0 Å². The van der Waals surface area contributed by atoms with E-state index >= 15 is 0 Å². The Hall–Kier alpha value is -0.390. The van der Waals surface area contributed by atoms with Crippen LogP contribution in [0.1, 0.15) is 12.8 Å². The highest BCUT2D eigenvalue weighted by Gasteiger charge is 2.05. The number of unbranched alkanes of at least 4 members (excludes halogenated alkanes) is 1. The van der Waals surface area contributed by atoms with Gasteiger partial charge in [0.05, 0.1) is 4.47 Å². The fourth-order valence-electron chi connectivity index (χ4n) is 1.23. The van der Waals surface area contributed by atoms with E-state index < -0.39 is 0 Å². The van der Waals surface area contributed by atoms with Crippen LogP contribution in [0.3, 0.4) is 0 Å². The maximum absolute atomic E-state index is 5.85. The van der Waals surface area contributed by atoms with Gasteiger partial charge >= 0.3 is 0 Å². The molecule has 16 heavy (non-hydrogen) atoms. The third kappa shape index (κ3) is 4.63. The minimum Gasteiger partial charge on any atom is -0.369 e. The second-order valence-corrected chi connectivity index (χ2v) is 4.92. The van der Waals surface area contributed by atoms with Gasteiger partial charge < -0.3 is 10.2 Å². The molecule has 1 rings (SSSR count). The molecule has 1 aromatic heterocycles. The number of aromatic nitrogens is 2. The van der Waals surface area contributed by atoms with Crippen molar-refractivity contribution in [2.75, 3.05) is 32.5 Å². The zero-order chi connectivity index (χ0) is 12.0. The van der Waals surface area contributed by atoms with E-state index in [0.717, 1.165) is 36.2 Å². The lowest BCUT2D eigenvalue weighted by molar-refractivity contribution is 0.396. The van der Waals surface area contributed by atoms with Crippen LogP contribution in [-0.2, 0) is 0 Å². The molecule has 0 aliphatic carbocycles. The average Bonchev–Trinajstić information content (AvgIpc) is 2.23. The molecule has 0 aromatic carbocycles. The van der Waals surface area contributed by atoms with Crippen LogP contribution in [0.5, 0.6) is 0 Å². The van der Waals surface area contributed by atoms with E-state index in [2.05, 4.69) is 50.2 Å². The summed E-state index contributed by atoms with van der Waals surface area (Å²) in [5.41, 5.74) is 0. The Morgan fingerprint density at radius 1 is 1.38 bits per heavy atom. The molecule has 1 heterocycles. The molecule has 0 bridgehead atoms. The number of hydrogen-bond acceptors (Lipinski definition) is 4. The Kier molecular flexibility index (Phi) is 6.01. The quantitative estimate of drug-likeness (QED) is 0.648. The number of rotatable bonds is 6. The summed E-state index contributed by atoms with van der Waals surface area (Å²) in [7, 11) is 4.16. The van der Waals surface area contributed by atoms with Gasteiger partial charge in [-0.1, -0.05) is 11.6 Å². The summed E-state index contributed by atoms with van der Waals surface area (Å²) in [6, 6.07) is 0. The van der Waals surface area contributed by atoms with Gasteiger partial charge in [0.2, 0.25) is 0 Å². The van der Waals surface area contributed by atoms with Crippen molar-refractivity contribution in [3.63, 3.8) is 0 Å². The Morgan fingerprint density at radius 3 is 2.81 bits per heavy atom. The minimum absolute atomic E-state index is 0.436. The Bertz CT molecular complexity index is 333. The Morgan fingerprint density at radius 2 is 2.12 bits per heavy atom. The molecular weight excluding hydrogens is 291 g/mol. The van der Waals surface area contributed by atoms with Gasteiger partial charge in [0.25, 0.3) is 0 Å². The first-order valence-corrected chi connectivity index (χ1v) is 6.33. The number of anilines is 1. The van der Waals surface area contributed by atoms with Gasteiger partial charge in [-0.25, -0.2) is 9.97 Å². The van der Waals surface area contributed by atoms with E-state index in [4.69, 9.17) is 11.6 Å². The van der Waals surface area contributed by atoms with Gasteiger partial charge in [-0.05, 0) is 49.4 Å². The molecule has 1 N–H and O–H groups in total. The van der Waals surface area contributed by atoms with Crippen LogP contribution in [0.15, 0.2) is 10.8 Å². The van der Waals surface area contributed by atoms with Crippen LogP contribution in [0.2, 0.25) is 5.15 Å². The summed E-state index contributed by atoms with van der Waals surface area (Å²) in [6.07, 6.45) is 3.72. The van der Waals surface area contributed by atoms with E-state index in [1.807, 2.05) is 0 Å². The predicted molar refractivity (Wildman–Crippen MR) is 71.0 cm³/mol. The van der Waals surface area contributed by atoms with E-state index in [0.29, 0.717) is 5.15 Å². The summed E-state index contributed by atoms with van der Waals surface area (Å²) in [5, 5.41) is 3.66. The lowest BCUT2D eigenvalue weighted by Gasteiger charge is -2.10. The first-order chi connectivity index (χ1) is 7.61. The molecule has 0 unspecified atom stereocenters. The zero-order valence-electron chi connectivity index (χ0n) is 9.50. The summed E-state index contributed by atoms with van der Waals surface area (Å²) in [4.78, 5) is 10.2. The Balaban J connectivity index is 2.29. The minimum atomic E-state index is 0.436. The maximum atomic E-state index is 5.85. The van der Waals surface area contributed by atoms with Crippen LogP contribution in [0.25, 0.3) is 0 Å². The molecule has 0 saturated heterocycles. The predicted octanol–water partition coefficient (Wildman–Crippen LogP) is 2.65. The average molecular weight is 308 g/mol. The second kappa shape index (κ2) is 7.04. The zero-order valence-corrected chi connectivity index (χ0v) is 11.8. The van der Waals surface area contributed by atoms with Gasteiger partial charge in [0, 0.05) is 6.54 Å². The van der Waals surface area contributed by atoms with Gasteiger partial charge in [0.15, 0.2) is 0 Å². The van der Waals surface area contributed by atoms with Crippen molar-refractivity contribution >= 4 is 33.3 Å². The van der Waals surface area contributed by atoms with Crippen molar-refractivity contribution in [1.82, 2.24) is 14.9 Å². The van der Waals surface area contributed by atoms with Crippen molar-refractivity contribution in [3.05, 3.63) is 16.0 Å². The highest BCUT2D eigenvalue weighted by molar-refractivity contribution is 9.10. The van der Waals surface area contributed by atoms with Crippen molar-refractivity contribution in [2.45, 2.75) is 12.8 Å². The van der Waals surface area contributed by atoms with Crippen molar-refractivity contribution in [3.8, 4) is 0 Å².